The fraction of sp³-hybridized carbons (Fsp3) is 0.125. The van der Waals surface area contributed by atoms with Crippen molar-refractivity contribution in [2.45, 2.75) is 6.92 Å². The number of hydrogen-bond acceptors (Lipinski definition) is 1. The minimum absolute atomic E-state index is 0.494. The van der Waals surface area contributed by atoms with Crippen LogP contribution in [-0.2, 0) is 0 Å². The molecular weight excluding hydrogens is 110 g/mol. The van der Waals surface area contributed by atoms with E-state index in [1.54, 1.807) is 25.2 Å². The van der Waals surface area contributed by atoms with Gasteiger partial charge in [-0.2, -0.15) is 0 Å². The Morgan fingerprint density at radius 1 is 1.56 bits per heavy atom. The van der Waals surface area contributed by atoms with Crippen LogP contribution in [0.5, 0.6) is 0 Å². The van der Waals surface area contributed by atoms with E-state index in [-0.39, 0.29) is 0 Å². The Hall–Kier alpha value is -1.11. The Morgan fingerprint density at radius 3 is 2.44 bits per heavy atom. The topological polar surface area (TPSA) is 23.9 Å². The molecule has 1 heteroatoms. The Morgan fingerprint density at radius 2 is 2.11 bits per heavy atom. The molecule has 9 heavy (non-hydrogen) atoms. The van der Waals surface area contributed by atoms with Gasteiger partial charge in [-0.25, -0.2) is 0 Å². The van der Waals surface area contributed by atoms with Gasteiger partial charge in [-0.3, -0.25) is 0 Å². The second kappa shape index (κ2) is 3.84. The molecule has 0 spiro atoms. The zero-order chi connectivity index (χ0) is 7.28. The number of nitrogens with one attached hydrogen (secondary N) is 1. The highest BCUT2D eigenvalue weighted by molar-refractivity contribution is 5.97. The molecule has 0 saturated heterocycles. The number of allylic oxidation sites excluding steroid dienone is 4. The van der Waals surface area contributed by atoms with Crippen molar-refractivity contribution in [2.24, 2.45) is 0 Å². The van der Waals surface area contributed by atoms with Crippen molar-refractivity contribution in [3.05, 3.63) is 37.0 Å². The first-order valence-corrected chi connectivity index (χ1v) is 2.72. The minimum Gasteiger partial charge on any atom is -0.305 e. The van der Waals surface area contributed by atoms with Crippen LogP contribution in [0.3, 0.4) is 0 Å². The van der Waals surface area contributed by atoms with Gasteiger partial charge in [0.15, 0.2) is 0 Å². The van der Waals surface area contributed by atoms with Gasteiger partial charge in [-0.05, 0) is 12.5 Å². The third-order valence-corrected chi connectivity index (χ3v) is 0.915. The van der Waals surface area contributed by atoms with Crippen molar-refractivity contribution >= 4 is 5.71 Å². The van der Waals surface area contributed by atoms with Crippen molar-refractivity contribution in [3.63, 3.8) is 0 Å². The lowest BCUT2D eigenvalue weighted by Gasteiger charge is -1.90. The standard InChI is InChI=1S/C8H11N/c1-4-5-6-7(2)8(3)9/h4-6,9H,1-2H2,3H3/b6-5-,9-8?. The van der Waals surface area contributed by atoms with Crippen LogP contribution in [0.1, 0.15) is 6.92 Å². The molecule has 0 bridgehead atoms. The van der Waals surface area contributed by atoms with E-state index in [2.05, 4.69) is 13.2 Å². The first-order valence-electron chi connectivity index (χ1n) is 2.72. The van der Waals surface area contributed by atoms with Gasteiger partial charge in [0.05, 0.1) is 0 Å². The van der Waals surface area contributed by atoms with Crippen LogP contribution in [0.15, 0.2) is 37.0 Å². The fourth-order valence-corrected chi connectivity index (χ4v) is 0.309. The first-order chi connectivity index (χ1) is 4.18. The monoisotopic (exact) mass is 121 g/mol. The molecule has 1 nitrogen and oxygen atoms in total. The van der Waals surface area contributed by atoms with E-state index in [9.17, 15) is 0 Å². The summed E-state index contributed by atoms with van der Waals surface area (Å²) in [6.07, 6.45) is 5.18. The van der Waals surface area contributed by atoms with Gasteiger partial charge in [0.1, 0.15) is 0 Å². The summed E-state index contributed by atoms with van der Waals surface area (Å²) in [5.41, 5.74) is 1.23. The van der Waals surface area contributed by atoms with E-state index >= 15 is 0 Å². The third kappa shape index (κ3) is 3.47. The van der Waals surface area contributed by atoms with E-state index in [4.69, 9.17) is 5.41 Å². The lowest BCUT2D eigenvalue weighted by molar-refractivity contribution is 1.47. The maximum absolute atomic E-state index is 7.09. The fourth-order valence-electron chi connectivity index (χ4n) is 0.309. The van der Waals surface area contributed by atoms with Crippen LogP contribution in [0.2, 0.25) is 0 Å². The summed E-state index contributed by atoms with van der Waals surface area (Å²) >= 11 is 0. The van der Waals surface area contributed by atoms with Crippen LogP contribution in [-0.4, -0.2) is 5.71 Å². The van der Waals surface area contributed by atoms with Gasteiger partial charge >= 0.3 is 0 Å². The smallest absolute Gasteiger partial charge is 0.0349 e. The molecule has 0 heterocycles. The first kappa shape index (κ1) is 7.89. The van der Waals surface area contributed by atoms with Gasteiger partial charge in [0, 0.05) is 5.71 Å². The van der Waals surface area contributed by atoms with E-state index in [1.165, 1.54) is 0 Å². The summed E-state index contributed by atoms with van der Waals surface area (Å²) < 4.78 is 0. The normalized spacial score (nSPS) is 9.44. The van der Waals surface area contributed by atoms with Crippen LogP contribution in [0.25, 0.3) is 0 Å². The van der Waals surface area contributed by atoms with E-state index in [1.807, 2.05) is 0 Å². The van der Waals surface area contributed by atoms with E-state index in [0.29, 0.717) is 5.71 Å². The van der Waals surface area contributed by atoms with E-state index < -0.39 is 0 Å². The Balaban J connectivity index is 3.92. The predicted octanol–water partition coefficient (Wildman–Crippen LogP) is 2.32. The average molecular weight is 121 g/mol. The molecule has 0 aromatic carbocycles. The highest BCUT2D eigenvalue weighted by atomic mass is 14.4. The molecular formula is C8H11N. The molecule has 0 aliphatic rings. The van der Waals surface area contributed by atoms with Crippen LogP contribution in [0.4, 0.5) is 0 Å². The lowest BCUT2D eigenvalue weighted by atomic mass is 10.2. The van der Waals surface area contributed by atoms with Crippen molar-refractivity contribution < 1.29 is 0 Å². The zero-order valence-corrected chi connectivity index (χ0v) is 5.65. The largest absolute Gasteiger partial charge is 0.305 e. The number of hydrogen-bond donors (Lipinski definition) is 1. The molecule has 0 amide bonds. The summed E-state index contributed by atoms with van der Waals surface area (Å²) in [6.45, 7) is 8.83. The molecule has 48 valence electrons. The van der Waals surface area contributed by atoms with Crippen LogP contribution < -0.4 is 0 Å². The van der Waals surface area contributed by atoms with Gasteiger partial charge in [-0.1, -0.05) is 31.4 Å². The quantitative estimate of drug-likeness (QED) is 0.437. The van der Waals surface area contributed by atoms with Gasteiger partial charge in [0.2, 0.25) is 0 Å². The Bertz CT molecular complexity index is 163. The molecule has 0 fully saturated rings. The maximum Gasteiger partial charge on any atom is 0.0349 e. The van der Waals surface area contributed by atoms with Gasteiger partial charge < -0.3 is 5.41 Å². The molecule has 0 rings (SSSR count). The number of rotatable bonds is 3. The van der Waals surface area contributed by atoms with Gasteiger partial charge in [-0.15, -0.1) is 0 Å². The van der Waals surface area contributed by atoms with Crippen molar-refractivity contribution in [3.8, 4) is 0 Å². The summed E-state index contributed by atoms with van der Waals surface area (Å²) in [4.78, 5) is 0. The molecule has 1 N–H and O–H groups in total. The Kier molecular flexibility index (Phi) is 3.37. The Labute approximate surface area is 55.9 Å². The summed E-state index contributed by atoms with van der Waals surface area (Å²) in [5.74, 6) is 0. The maximum atomic E-state index is 7.09. The van der Waals surface area contributed by atoms with E-state index in [0.717, 1.165) is 5.57 Å². The molecule has 0 aliphatic carbocycles. The van der Waals surface area contributed by atoms with Crippen molar-refractivity contribution in [2.75, 3.05) is 0 Å². The van der Waals surface area contributed by atoms with Crippen LogP contribution in [0, 0.1) is 5.41 Å². The summed E-state index contributed by atoms with van der Waals surface area (Å²) in [6, 6.07) is 0. The molecule has 0 aliphatic heterocycles. The third-order valence-electron chi connectivity index (χ3n) is 0.915. The second-order valence-corrected chi connectivity index (χ2v) is 1.75. The molecule has 0 aromatic rings. The van der Waals surface area contributed by atoms with Gasteiger partial charge in [0.25, 0.3) is 0 Å². The highest BCUT2D eigenvalue weighted by Gasteiger charge is 1.86. The second-order valence-electron chi connectivity index (χ2n) is 1.75. The van der Waals surface area contributed by atoms with Crippen LogP contribution >= 0.6 is 0 Å². The zero-order valence-electron chi connectivity index (χ0n) is 5.65. The molecule has 0 radical (unpaired) electrons. The summed E-state index contributed by atoms with van der Waals surface area (Å²) in [5, 5.41) is 7.09. The lowest BCUT2D eigenvalue weighted by Crippen LogP contribution is -1.87. The highest BCUT2D eigenvalue weighted by Crippen LogP contribution is 1.93. The SMILES string of the molecule is C=C/C=C\C(=C)C(C)=N. The molecule has 0 aromatic heterocycles. The van der Waals surface area contributed by atoms with Crippen molar-refractivity contribution in [1.29, 1.82) is 5.41 Å². The average Bonchev–Trinajstić information content (AvgIpc) is 1.82. The molecule has 0 saturated carbocycles. The summed E-state index contributed by atoms with van der Waals surface area (Å²) in [7, 11) is 0. The van der Waals surface area contributed by atoms with Crippen molar-refractivity contribution in [1.82, 2.24) is 0 Å². The minimum atomic E-state index is 0.494. The molecule has 0 atom stereocenters. The molecule has 0 unspecified atom stereocenters. The predicted molar refractivity (Wildman–Crippen MR) is 41.9 cm³/mol.